The number of nitrogens with zero attached hydrogens (tertiary/aromatic N) is 4. The Kier molecular flexibility index (Phi) is 5.18. The normalized spacial score (nSPS) is 20.2. The Balaban J connectivity index is 1.37. The van der Waals surface area contributed by atoms with Crippen LogP contribution in [0, 0.1) is 5.92 Å². The van der Waals surface area contributed by atoms with Crippen LogP contribution in [-0.4, -0.2) is 44.7 Å². The van der Waals surface area contributed by atoms with Crippen LogP contribution in [-0.2, 0) is 6.54 Å². The van der Waals surface area contributed by atoms with E-state index in [2.05, 4.69) is 15.4 Å². The van der Waals surface area contributed by atoms with Gasteiger partial charge in [-0.15, -0.1) is 0 Å². The average molecular weight is 353 g/mol. The highest BCUT2D eigenvalue weighted by Crippen LogP contribution is 2.28. The fourth-order valence-corrected chi connectivity index (χ4v) is 3.64. The van der Waals surface area contributed by atoms with Crippen molar-refractivity contribution in [1.82, 2.24) is 19.7 Å². The van der Waals surface area contributed by atoms with E-state index in [1.807, 2.05) is 34.0 Å². The first-order valence-corrected chi connectivity index (χ1v) is 9.78. The third-order valence-electron chi connectivity index (χ3n) is 5.42. The maximum absolute atomic E-state index is 13.0. The molecule has 6 nitrogen and oxygen atoms in total. The first-order chi connectivity index (χ1) is 12.8. The zero-order chi connectivity index (χ0) is 17.8. The third kappa shape index (κ3) is 4.23. The van der Waals surface area contributed by atoms with E-state index in [1.165, 1.54) is 19.3 Å². The van der Waals surface area contributed by atoms with E-state index in [1.54, 1.807) is 12.4 Å². The van der Waals surface area contributed by atoms with Crippen LogP contribution in [0.4, 0.5) is 5.82 Å². The summed E-state index contributed by atoms with van der Waals surface area (Å²) in [4.78, 5) is 19.5. The molecule has 0 bridgehead atoms. The lowest BCUT2D eigenvalue weighted by Gasteiger charge is -2.36. The molecule has 1 atom stereocenters. The number of anilines is 1. The van der Waals surface area contributed by atoms with Gasteiger partial charge in [-0.3, -0.25) is 9.48 Å². The molecule has 1 aliphatic heterocycles. The van der Waals surface area contributed by atoms with Gasteiger partial charge >= 0.3 is 0 Å². The number of carbonyl (C=O) groups excluding carboxylic acids is 1. The Bertz CT molecular complexity index is 708. The summed E-state index contributed by atoms with van der Waals surface area (Å²) in [5.74, 6) is 1.78. The fourth-order valence-electron chi connectivity index (χ4n) is 3.64. The molecule has 1 saturated carbocycles. The topological polar surface area (TPSA) is 63.1 Å². The van der Waals surface area contributed by atoms with Gasteiger partial charge in [-0.05, 0) is 62.6 Å². The summed E-state index contributed by atoms with van der Waals surface area (Å²) in [5, 5.41) is 7.62. The maximum Gasteiger partial charge on any atom is 0.255 e. The van der Waals surface area contributed by atoms with Gasteiger partial charge < -0.3 is 10.2 Å². The highest BCUT2D eigenvalue weighted by Gasteiger charge is 2.27. The second-order valence-corrected chi connectivity index (χ2v) is 7.46. The zero-order valence-electron chi connectivity index (χ0n) is 15.2. The molecule has 1 aliphatic carbocycles. The molecule has 2 aromatic rings. The average Bonchev–Trinajstić information content (AvgIpc) is 3.38. The van der Waals surface area contributed by atoms with Crippen LogP contribution in [0.3, 0.4) is 0 Å². The van der Waals surface area contributed by atoms with Gasteiger partial charge in [0.15, 0.2) is 0 Å². The highest BCUT2D eigenvalue weighted by molar-refractivity contribution is 5.94. The molecule has 2 fully saturated rings. The van der Waals surface area contributed by atoms with Gasteiger partial charge in [0.2, 0.25) is 0 Å². The fraction of sp³-hybridized carbons (Fsp3) is 0.550. The number of likely N-dealkylation sites (tertiary alicyclic amines) is 1. The number of pyridine rings is 1. The standard InChI is InChI=1S/C20H27N5O/c26-20(17-7-8-19(22-15-17)21-14-16-5-6-16)25-12-2-1-4-18(25)9-13-24-11-3-10-23-24/h3,7-8,10-11,15-16,18H,1-2,4-6,9,12-14H2,(H,21,22)/t18-/m1/s1. The summed E-state index contributed by atoms with van der Waals surface area (Å²) >= 11 is 0. The van der Waals surface area contributed by atoms with E-state index in [0.717, 1.165) is 50.6 Å². The minimum Gasteiger partial charge on any atom is -0.370 e. The monoisotopic (exact) mass is 353 g/mol. The van der Waals surface area contributed by atoms with Gasteiger partial charge in [-0.1, -0.05) is 0 Å². The zero-order valence-corrected chi connectivity index (χ0v) is 15.2. The molecule has 0 radical (unpaired) electrons. The van der Waals surface area contributed by atoms with Crippen LogP contribution >= 0.6 is 0 Å². The van der Waals surface area contributed by atoms with Gasteiger partial charge in [0.05, 0.1) is 5.56 Å². The van der Waals surface area contributed by atoms with E-state index in [-0.39, 0.29) is 11.9 Å². The summed E-state index contributed by atoms with van der Waals surface area (Å²) in [6, 6.07) is 6.06. The summed E-state index contributed by atoms with van der Waals surface area (Å²) in [6.45, 7) is 2.68. The van der Waals surface area contributed by atoms with E-state index >= 15 is 0 Å². The number of hydrogen-bond acceptors (Lipinski definition) is 4. The van der Waals surface area contributed by atoms with Crippen molar-refractivity contribution in [3.05, 3.63) is 42.4 Å². The van der Waals surface area contributed by atoms with Crippen LogP contribution < -0.4 is 5.32 Å². The van der Waals surface area contributed by atoms with Gasteiger partial charge in [0, 0.05) is 44.3 Å². The Labute approximate surface area is 154 Å². The second-order valence-electron chi connectivity index (χ2n) is 7.46. The summed E-state index contributed by atoms with van der Waals surface area (Å²) in [6.07, 6.45) is 12.4. The minimum atomic E-state index is 0.108. The highest BCUT2D eigenvalue weighted by atomic mass is 16.2. The lowest BCUT2D eigenvalue weighted by atomic mass is 9.98. The Morgan fingerprint density at radius 2 is 2.15 bits per heavy atom. The van der Waals surface area contributed by atoms with Gasteiger partial charge in [0.25, 0.3) is 5.91 Å². The molecule has 2 aliphatic rings. The summed E-state index contributed by atoms with van der Waals surface area (Å²) < 4.78 is 1.94. The quantitative estimate of drug-likeness (QED) is 0.830. The molecule has 138 valence electrons. The number of rotatable bonds is 7. The molecule has 4 rings (SSSR count). The molecule has 1 N–H and O–H groups in total. The lowest BCUT2D eigenvalue weighted by Crippen LogP contribution is -2.44. The molecule has 2 aromatic heterocycles. The summed E-state index contributed by atoms with van der Waals surface area (Å²) in [5.41, 5.74) is 0.688. The van der Waals surface area contributed by atoms with Crippen LogP contribution in [0.15, 0.2) is 36.8 Å². The SMILES string of the molecule is O=C(c1ccc(NCC2CC2)nc1)N1CCCC[C@@H]1CCn1cccn1. The van der Waals surface area contributed by atoms with E-state index in [0.29, 0.717) is 5.56 Å². The van der Waals surface area contributed by atoms with Gasteiger partial charge in [-0.25, -0.2) is 4.98 Å². The first kappa shape index (κ1) is 17.1. The van der Waals surface area contributed by atoms with Crippen molar-refractivity contribution in [2.24, 2.45) is 5.92 Å². The predicted molar refractivity (Wildman–Crippen MR) is 101 cm³/mol. The second kappa shape index (κ2) is 7.89. The van der Waals surface area contributed by atoms with Crippen molar-refractivity contribution in [2.75, 3.05) is 18.4 Å². The van der Waals surface area contributed by atoms with Crippen molar-refractivity contribution >= 4 is 11.7 Å². The molecule has 1 amide bonds. The molecule has 3 heterocycles. The number of aromatic nitrogens is 3. The van der Waals surface area contributed by atoms with Gasteiger partial charge in [0.1, 0.15) is 5.82 Å². The smallest absolute Gasteiger partial charge is 0.255 e. The van der Waals surface area contributed by atoms with Crippen molar-refractivity contribution in [1.29, 1.82) is 0 Å². The lowest BCUT2D eigenvalue weighted by molar-refractivity contribution is 0.0593. The maximum atomic E-state index is 13.0. The Morgan fingerprint density at radius 3 is 2.88 bits per heavy atom. The number of piperidine rings is 1. The van der Waals surface area contributed by atoms with Crippen molar-refractivity contribution in [3.8, 4) is 0 Å². The molecule has 26 heavy (non-hydrogen) atoms. The predicted octanol–water partition coefficient (Wildman–Crippen LogP) is 3.19. The van der Waals surface area contributed by atoms with Crippen LogP contribution in [0.5, 0.6) is 0 Å². The van der Waals surface area contributed by atoms with Crippen LogP contribution in [0.2, 0.25) is 0 Å². The van der Waals surface area contributed by atoms with Crippen LogP contribution in [0.25, 0.3) is 0 Å². The minimum absolute atomic E-state index is 0.108. The molecule has 0 aromatic carbocycles. The molecule has 0 unspecified atom stereocenters. The number of hydrogen-bond donors (Lipinski definition) is 1. The van der Waals surface area contributed by atoms with Gasteiger partial charge in [-0.2, -0.15) is 5.10 Å². The Morgan fingerprint density at radius 1 is 1.23 bits per heavy atom. The molecule has 1 saturated heterocycles. The Hall–Kier alpha value is -2.37. The molecular weight excluding hydrogens is 326 g/mol. The van der Waals surface area contributed by atoms with E-state index in [4.69, 9.17) is 0 Å². The first-order valence-electron chi connectivity index (χ1n) is 9.78. The number of aryl methyl sites for hydroxylation is 1. The third-order valence-corrected chi connectivity index (χ3v) is 5.42. The molecular formula is C20H27N5O. The number of amides is 1. The largest absolute Gasteiger partial charge is 0.370 e. The van der Waals surface area contributed by atoms with Crippen LogP contribution in [0.1, 0.15) is 48.9 Å². The number of carbonyl (C=O) groups is 1. The van der Waals surface area contributed by atoms with Crippen molar-refractivity contribution in [2.45, 2.75) is 51.1 Å². The van der Waals surface area contributed by atoms with E-state index in [9.17, 15) is 4.79 Å². The molecule has 6 heteroatoms. The summed E-state index contributed by atoms with van der Waals surface area (Å²) in [7, 11) is 0. The number of nitrogens with one attached hydrogen (secondary N) is 1. The van der Waals surface area contributed by atoms with Crippen molar-refractivity contribution < 1.29 is 4.79 Å². The molecule has 0 spiro atoms. The van der Waals surface area contributed by atoms with Crippen molar-refractivity contribution in [3.63, 3.8) is 0 Å². The van der Waals surface area contributed by atoms with E-state index < -0.39 is 0 Å².